The molecule has 2 aromatic rings. The van der Waals surface area contributed by atoms with E-state index in [0.717, 1.165) is 28.1 Å². The third-order valence-electron chi connectivity index (χ3n) is 4.55. The molecule has 2 aliphatic heterocycles. The number of nitrogens with two attached hydrogens (primary N) is 1. The average Bonchev–Trinajstić information content (AvgIpc) is 3.16. The van der Waals surface area contributed by atoms with Crippen LogP contribution in [0.15, 0.2) is 24.3 Å². The lowest BCUT2D eigenvalue weighted by Gasteiger charge is -2.39. The zero-order chi connectivity index (χ0) is 15.9. The second-order valence-electron chi connectivity index (χ2n) is 5.97. The van der Waals surface area contributed by atoms with Crippen molar-refractivity contribution < 1.29 is 14.3 Å². The third-order valence-corrected chi connectivity index (χ3v) is 5.64. The Morgan fingerprint density at radius 2 is 1.96 bits per heavy atom. The summed E-state index contributed by atoms with van der Waals surface area (Å²) in [4.78, 5) is 18.8. The molecule has 4 rings (SSSR count). The topological polar surface area (TPSA) is 77.7 Å². The summed E-state index contributed by atoms with van der Waals surface area (Å²) in [5.41, 5.74) is 6.60. The lowest BCUT2D eigenvalue weighted by Crippen LogP contribution is -2.48. The highest BCUT2D eigenvalue weighted by Crippen LogP contribution is 2.36. The summed E-state index contributed by atoms with van der Waals surface area (Å²) in [6, 6.07) is 7.41. The summed E-state index contributed by atoms with van der Waals surface area (Å²) in [5.74, 6) is -0.806. The molecule has 1 amide bonds. The van der Waals surface area contributed by atoms with E-state index in [0.29, 0.717) is 26.3 Å². The van der Waals surface area contributed by atoms with Gasteiger partial charge in [-0.25, -0.2) is 4.98 Å². The average molecular weight is 333 g/mol. The van der Waals surface area contributed by atoms with E-state index in [1.165, 1.54) is 11.3 Å². The Labute approximate surface area is 138 Å². The fourth-order valence-corrected chi connectivity index (χ4v) is 4.48. The summed E-state index contributed by atoms with van der Waals surface area (Å²) in [6.45, 7) is 2.72. The monoisotopic (exact) mass is 333 g/mol. The van der Waals surface area contributed by atoms with Gasteiger partial charge < -0.3 is 15.2 Å². The number of piperidine rings is 1. The number of fused-ring (bicyclic) bond motifs is 1. The molecule has 1 spiro atoms. The molecule has 1 aromatic carbocycles. The Hall–Kier alpha value is -1.54. The summed E-state index contributed by atoms with van der Waals surface area (Å²) in [5, 5.41) is 0.767. The lowest BCUT2D eigenvalue weighted by atomic mass is 10.0. The van der Waals surface area contributed by atoms with Crippen molar-refractivity contribution in [3.05, 3.63) is 29.3 Å². The fourth-order valence-electron chi connectivity index (χ4n) is 3.37. The van der Waals surface area contributed by atoms with Gasteiger partial charge in [0, 0.05) is 25.9 Å². The molecule has 1 aromatic heterocycles. The van der Waals surface area contributed by atoms with Crippen LogP contribution in [0.5, 0.6) is 0 Å². The van der Waals surface area contributed by atoms with E-state index < -0.39 is 11.8 Å². The number of rotatable bonds is 3. The molecule has 2 fully saturated rings. The number of hydrogen-bond acceptors (Lipinski definition) is 6. The van der Waals surface area contributed by atoms with Crippen LogP contribution in [-0.4, -0.2) is 47.9 Å². The zero-order valence-corrected chi connectivity index (χ0v) is 13.6. The Bertz CT molecular complexity index is 683. The summed E-state index contributed by atoms with van der Waals surface area (Å²) < 4.78 is 12.6. The van der Waals surface area contributed by atoms with E-state index in [2.05, 4.69) is 9.88 Å². The number of carbonyl (C=O) groups excluding carboxylic acids is 1. The Kier molecular flexibility index (Phi) is 3.81. The summed E-state index contributed by atoms with van der Waals surface area (Å²) in [7, 11) is 0. The van der Waals surface area contributed by atoms with E-state index in [1.54, 1.807) is 0 Å². The van der Waals surface area contributed by atoms with Crippen LogP contribution in [0.4, 0.5) is 0 Å². The number of primary amides is 1. The van der Waals surface area contributed by atoms with Crippen molar-refractivity contribution in [3.8, 4) is 0 Å². The van der Waals surface area contributed by atoms with Gasteiger partial charge in [0.05, 0.1) is 23.4 Å². The van der Waals surface area contributed by atoms with Crippen LogP contribution in [0.2, 0.25) is 0 Å². The number of nitrogens with zero attached hydrogens (tertiary/aromatic N) is 2. The number of hydrogen-bond donors (Lipinski definition) is 1. The quantitative estimate of drug-likeness (QED) is 0.924. The number of likely N-dealkylation sites (tertiary alicyclic amines) is 1. The third kappa shape index (κ3) is 2.74. The highest BCUT2D eigenvalue weighted by Gasteiger charge is 2.42. The largest absolute Gasteiger partial charge is 0.368 e. The molecule has 6 nitrogen and oxygen atoms in total. The minimum atomic E-state index is -0.480. The molecule has 23 heavy (non-hydrogen) atoms. The van der Waals surface area contributed by atoms with Gasteiger partial charge in [-0.2, -0.15) is 0 Å². The molecule has 2 aliphatic rings. The van der Waals surface area contributed by atoms with Crippen molar-refractivity contribution in [2.24, 2.45) is 5.73 Å². The van der Waals surface area contributed by atoms with Gasteiger partial charge in [0.1, 0.15) is 11.0 Å². The van der Waals surface area contributed by atoms with Crippen molar-refractivity contribution in [2.75, 3.05) is 26.3 Å². The molecule has 0 aliphatic carbocycles. The highest BCUT2D eigenvalue weighted by atomic mass is 32.1. The summed E-state index contributed by atoms with van der Waals surface area (Å²) in [6.07, 6.45) is 1.50. The SMILES string of the molecule is NC(=O)C(c1nc2ccccc2s1)N1CCC2(CC1)OCCO2. The Balaban J connectivity index is 1.57. The van der Waals surface area contributed by atoms with Crippen LogP contribution in [0.1, 0.15) is 23.9 Å². The van der Waals surface area contributed by atoms with Gasteiger partial charge in [-0.05, 0) is 12.1 Å². The summed E-state index contributed by atoms with van der Waals surface area (Å²) >= 11 is 1.53. The van der Waals surface area contributed by atoms with Crippen molar-refractivity contribution in [1.29, 1.82) is 0 Å². The van der Waals surface area contributed by atoms with E-state index in [9.17, 15) is 4.79 Å². The lowest BCUT2D eigenvalue weighted by molar-refractivity contribution is -0.188. The number of para-hydroxylation sites is 1. The van der Waals surface area contributed by atoms with Gasteiger partial charge in [0.2, 0.25) is 5.91 Å². The smallest absolute Gasteiger partial charge is 0.241 e. The van der Waals surface area contributed by atoms with Crippen LogP contribution in [0.25, 0.3) is 10.2 Å². The standard InChI is InChI=1S/C16H19N3O3S/c17-14(20)13(15-18-11-3-1-2-4-12(11)23-15)19-7-5-16(6-8-19)21-9-10-22-16/h1-4,13H,5-10H2,(H2,17,20). The van der Waals surface area contributed by atoms with Crippen molar-refractivity contribution >= 4 is 27.5 Å². The molecule has 7 heteroatoms. The Morgan fingerprint density at radius 3 is 2.61 bits per heavy atom. The first-order valence-corrected chi connectivity index (χ1v) is 8.65. The minimum Gasteiger partial charge on any atom is -0.368 e. The van der Waals surface area contributed by atoms with Gasteiger partial charge in [-0.15, -0.1) is 11.3 Å². The van der Waals surface area contributed by atoms with Crippen molar-refractivity contribution in [1.82, 2.24) is 9.88 Å². The molecule has 1 unspecified atom stereocenters. The van der Waals surface area contributed by atoms with Crippen LogP contribution >= 0.6 is 11.3 Å². The molecule has 0 saturated carbocycles. The molecule has 2 N–H and O–H groups in total. The predicted octanol–water partition coefficient (Wildman–Crippen LogP) is 1.66. The molecule has 2 saturated heterocycles. The first-order chi connectivity index (χ1) is 11.2. The number of thiazole rings is 1. The maximum Gasteiger partial charge on any atom is 0.241 e. The highest BCUT2D eigenvalue weighted by molar-refractivity contribution is 7.18. The predicted molar refractivity (Wildman–Crippen MR) is 87.0 cm³/mol. The fraction of sp³-hybridized carbons (Fsp3) is 0.500. The van der Waals surface area contributed by atoms with E-state index in [4.69, 9.17) is 15.2 Å². The molecule has 0 radical (unpaired) electrons. The maximum atomic E-state index is 12.1. The molecule has 122 valence electrons. The molecule has 3 heterocycles. The van der Waals surface area contributed by atoms with Crippen LogP contribution in [0, 0.1) is 0 Å². The van der Waals surface area contributed by atoms with Crippen LogP contribution < -0.4 is 5.73 Å². The van der Waals surface area contributed by atoms with E-state index in [1.807, 2.05) is 24.3 Å². The van der Waals surface area contributed by atoms with Gasteiger partial charge in [-0.1, -0.05) is 12.1 Å². The minimum absolute atomic E-state index is 0.353. The Morgan fingerprint density at radius 1 is 1.26 bits per heavy atom. The van der Waals surface area contributed by atoms with Gasteiger partial charge in [-0.3, -0.25) is 9.69 Å². The van der Waals surface area contributed by atoms with Gasteiger partial charge in [0.25, 0.3) is 0 Å². The van der Waals surface area contributed by atoms with Crippen LogP contribution in [-0.2, 0) is 14.3 Å². The number of aromatic nitrogens is 1. The van der Waals surface area contributed by atoms with Crippen molar-refractivity contribution in [2.45, 2.75) is 24.7 Å². The van der Waals surface area contributed by atoms with E-state index >= 15 is 0 Å². The number of benzene rings is 1. The molecule has 1 atom stereocenters. The first-order valence-electron chi connectivity index (χ1n) is 7.84. The normalized spacial score (nSPS) is 22.6. The van der Waals surface area contributed by atoms with Crippen LogP contribution in [0.3, 0.4) is 0 Å². The van der Waals surface area contributed by atoms with Gasteiger partial charge in [0.15, 0.2) is 5.79 Å². The van der Waals surface area contributed by atoms with Gasteiger partial charge >= 0.3 is 0 Å². The zero-order valence-electron chi connectivity index (χ0n) is 12.7. The second kappa shape index (κ2) is 5.83. The number of ether oxygens (including phenoxy) is 2. The van der Waals surface area contributed by atoms with Crippen molar-refractivity contribution in [3.63, 3.8) is 0 Å². The second-order valence-corrected chi connectivity index (χ2v) is 7.03. The molecular weight excluding hydrogens is 314 g/mol. The molecular formula is C16H19N3O3S. The maximum absolute atomic E-state index is 12.1. The number of amides is 1. The first kappa shape index (κ1) is 15.0. The van der Waals surface area contributed by atoms with E-state index in [-0.39, 0.29) is 5.91 Å². The number of carbonyl (C=O) groups is 1. The molecule has 0 bridgehead atoms.